The van der Waals surface area contributed by atoms with Gasteiger partial charge in [-0.3, -0.25) is 14.9 Å². The van der Waals surface area contributed by atoms with Crippen molar-refractivity contribution in [1.82, 2.24) is 0 Å². The van der Waals surface area contributed by atoms with Crippen molar-refractivity contribution in [2.24, 2.45) is 0 Å². The number of anilines is 1. The van der Waals surface area contributed by atoms with Crippen molar-refractivity contribution in [2.45, 2.75) is 0 Å². The van der Waals surface area contributed by atoms with E-state index in [0.29, 0.717) is 5.56 Å². The van der Waals surface area contributed by atoms with Crippen LogP contribution in [0.2, 0.25) is 0 Å². The summed E-state index contributed by atoms with van der Waals surface area (Å²) in [6.45, 7) is 0. The van der Waals surface area contributed by atoms with E-state index in [0.717, 1.165) is 12.1 Å². The van der Waals surface area contributed by atoms with Gasteiger partial charge in [0.2, 0.25) is 0 Å². The summed E-state index contributed by atoms with van der Waals surface area (Å²) in [5.41, 5.74) is -0.549. The Morgan fingerprint density at radius 2 is 1.83 bits per heavy atom. The maximum absolute atomic E-state index is 13.4. The van der Waals surface area contributed by atoms with Crippen molar-refractivity contribution in [2.75, 3.05) is 19.5 Å². The van der Waals surface area contributed by atoms with Crippen molar-refractivity contribution in [3.8, 4) is 23.3 Å². The molecule has 0 saturated heterocycles. The molecule has 182 valence electrons. The van der Waals surface area contributed by atoms with E-state index in [1.165, 1.54) is 68.8 Å². The number of nitrogens with one attached hydrogen (secondary N) is 1. The third-order valence-corrected chi connectivity index (χ3v) is 4.78. The van der Waals surface area contributed by atoms with Gasteiger partial charge in [0.1, 0.15) is 28.9 Å². The van der Waals surface area contributed by atoms with E-state index in [9.17, 15) is 29.4 Å². The van der Waals surface area contributed by atoms with Crippen LogP contribution in [0.1, 0.15) is 15.9 Å². The minimum absolute atomic E-state index is 0.00270. The smallest absolute Gasteiger partial charge is 0.343 e. The molecule has 36 heavy (non-hydrogen) atoms. The molecule has 10 nitrogen and oxygen atoms in total. The summed E-state index contributed by atoms with van der Waals surface area (Å²) in [6.07, 6.45) is 1.23. The molecule has 0 aliphatic rings. The van der Waals surface area contributed by atoms with Crippen molar-refractivity contribution < 1.29 is 33.1 Å². The van der Waals surface area contributed by atoms with Gasteiger partial charge in [-0.15, -0.1) is 0 Å². The summed E-state index contributed by atoms with van der Waals surface area (Å²) in [5, 5.41) is 23.2. The number of halogens is 1. The largest absolute Gasteiger partial charge is 0.496 e. The van der Waals surface area contributed by atoms with E-state index in [-0.39, 0.29) is 34.1 Å². The SMILES string of the molecule is COc1ccc(NC(=O)/C(C#N)=C/c2ccc(OC(=O)c3cccc(F)c3)c(OC)c2)c([N+](=O)[O-])c1. The minimum atomic E-state index is -0.883. The van der Waals surface area contributed by atoms with Crippen LogP contribution < -0.4 is 19.5 Å². The molecule has 3 aromatic rings. The van der Waals surface area contributed by atoms with E-state index in [1.807, 2.05) is 0 Å². The Morgan fingerprint density at radius 1 is 1.06 bits per heavy atom. The molecule has 1 N–H and O–H groups in total. The molecule has 0 unspecified atom stereocenters. The topological polar surface area (TPSA) is 141 Å². The summed E-state index contributed by atoms with van der Waals surface area (Å²) in [5.74, 6) is -1.93. The summed E-state index contributed by atoms with van der Waals surface area (Å²) in [4.78, 5) is 35.6. The van der Waals surface area contributed by atoms with Crippen LogP contribution >= 0.6 is 0 Å². The lowest BCUT2D eigenvalue weighted by Crippen LogP contribution is -2.14. The van der Waals surface area contributed by atoms with E-state index in [2.05, 4.69) is 5.32 Å². The average molecular weight is 491 g/mol. The molecule has 0 bridgehead atoms. The molecule has 0 heterocycles. The van der Waals surface area contributed by atoms with Crippen molar-refractivity contribution in [1.29, 1.82) is 5.26 Å². The lowest BCUT2D eigenvalue weighted by atomic mass is 10.1. The molecule has 0 aromatic heterocycles. The van der Waals surface area contributed by atoms with Crippen molar-refractivity contribution in [3.05, 3.63) is 93.3 Å². The van der Waals surface area contributed by atoms with Crippen molar-refractivity contribution in [3.63, 3.8) is 0 Å². The first-order valence-corrected chi connectivity index (χ1v) is 10.2. The first-order valence-electron chi connectivity index (χ1n) is 10.2. The van der Waals surface area contributed by atoms with Gasteiger partial charge in [0.05, 0.1) is 30.8 Å². The molecule has 1 amide bonds. The molecule has 3 aromatic carbocycles. The zero-order chi connectivity index (χ0) is 26.2. The first-order chi connectivity index (χ1) is 17.2. The monoisotopic (exact) mass is 491 g/mol. The Morgan fingerprint density at radius 3 is 2.47 bits per heavy atom. The Labute approximate surface area is 204 Å². The van der Waals surface area contributed by atoms with Gasteiger partial charge in [-0.2, -0.15) is 5.26 Å². The Balaban J connectivity index is 1.83. The first kappa shape index (κ1) is 25.4. The van der Waals surface area contributed by atoms with Crippen LogP contribution in [0.25, 0.3) is 6.08 Å². The Bertz CT molecular complexity index is 1410. The van der Waals surface area contributed by atoms with Gasteiger partial charge < -0.3 is 19.5 Å². The number of nitriles is 1. The van der Waals surface area contributed by atoms with Gasteiger partial charge >= 0.3 is 5.97 Å². The van der Waals surface area contributed by atoms with Gasteiger partial charge in [-0.25, -0.2) is 9.18 Å². The molecule has 0 atom stereocenters. The number of nitro groups is 1. The molecule has 3 rings (SSSR count). The Kier molecular flexibility index (Phi) is 7.94. The predicted octanol–water partition coefficient (Wildman–Crippen LogP) is 4.52. The second kappa shape index (κ2) is 11.3. The number of amides is 1. The summed E-state index contributed by atoms with van der Waals surface area (Å²) in [6, 6.07) is 14.8. The molecule has 0 saturated carbocycles. The number of esters is 1. The third kappa shape index (κ3) is 6.00. The minimum Gasteiger partial charge on any atom is -0.496 e. The number of rotatable bonds is 8. The molecule has 11 heteroatoms. The fourth-order valence-electron chi connectivity index (χ4n) is 3.03. The number of nitrogens with zero attached hydrogens (tertiary/aromatic N) is 2. The van der Waals surface area contributed by atoms with Crippen LogP contribution in [-0.2, 0) is 4.79 Å². The number of hydrogen-bond donors (Lipinski definition) is 1. The Hall–Kier alpha value is -5.24. The lowest BCUT2D eigenvalue weighted by Gasteiger charge is -2.10. The van der Waals surface area contributed by atoms with E-state index in [1.54, 1.807) is 6.07 Å². The van der Waals surface area contributed by atoms with E-state index in [4.69, 9.17) is 14.2 Å². The molecule has 0 radical (unpaired) electrons. The zero-order valence-corrected chi connectivity index (χ0v) is 19.0. The average Bonchev–Trinajstić information content (AvgIpc) is 2.87. The van der Waals surface area contributed by atoms with Crippen LogP contribution in [0.4, 0.5) is 15.8 Å². The summed E-state index contributed by atoms with van der Waals surface area (Å²) < 4.78 is 28.8. The third-order valence-electron chi connectivity index (χ3n) is 4.78. The van der Waals surface area contributed by atoms with Gasteiger partial charge in [0, 0.05) is 0 Å². The quantitative estimate of drug-likeness (QED) is 0.121. The normalized spacial score (nSPS) is 10.7. The van der Waals surface area contributed by atoms with E-state index >= 15 is 0 Å². The van der Waals surface area contributed by atoms with Crippen LogP contribution in [0.5, 0.6) is 17.2 Å². The van der Waals surface area contributed by atoms with Gasteiger partial charge in [-0.1, -0.05) is 12.1 Å². The predicted molar refractivity (Wildman–Crippen MR) is 126 cm³/mol. The summed E-state index contributed by atoms with van der Waals surface area (Å²) >= 11 is 0. The second-order valence-electron chi connectivity index (χ2n) is 7.07. The van der Waals surface area contributed by atoms with Crippen LogP contribution in [0.15, 0.2) is 66.2 Å². The number of carbonyl (C=O) groups excluding carboxylic acids is 2. The maximum atomic E-state index is 13.4. The van der Waals surface area contributed by atoms with Gasteiger partial charge in [0.15, 0.2) is 11.5 Å². The fourth-order valence-corrected chi connectivity index (χ4v) is 3.03. The maximum Gasteiger partial charge on any atom is 0.343 e. The van der Waals surface area contributed by atoms with E-state index < -0.39 is 28.3 Å². The molecule has 0 aliphatic carbocycles. The highest BCUT2D eigenvalue weighted by Crippen LogP contribution is 2.31. The molecular formula is C25H18FN3O7. The highest BCUT2D eigenvalue weighted by atomic mass is 19.1. The zero-order valence-electron chi connectivity index (χ0n) is 19.0. The molecule has 0 spiro atoms. The van der Waals surface area contributed by atoms with Crippen LogP contribution in [0, 0.1) is 27.3 Å². The number of benzene rings is 3. The molecule has 0 fully saturated rings. The van der Waals surface area contributed by atoms with Crippen LogP contribution in [-0.4, -0.2) is 31.0 Å². The standard InChI is InChI=1S/C25H18FN3O7/c1-34-19-7-8-20(21(13-19)29(32)33)28-24(30)17(14-27)10-15-6-9-22(23(11-15)35-2)36-25(31)16-4-3-5-18(26)12-16/h3-13H,1-2H3,(H,28,30)/b17-10+. The van der Waals surface area contributed by atoms with Crippen LogP contribution in [0.3, 0.4) is 0 Å². The van der Waals surface area contributed by atoms with Crippen molar-refractivity contribution >= 4 is 29.3 Å². The molecule has 0 aliphatic heterocycles. The number of methoxy groups -OCH3 is 2. The number of carbonyl (C=O) groups is 2. The number of nitro benzene ring substituents is 1. The lowest BCUT2D eigenvalue weighted by molar-refractivity contribution is -0.384. The van der Waals surface area contributed by atoms with Gasteiger partial charge in [-0.05, 0) is 54.1 Å². The molecular weight excluding hydrogens is 473 g/mol. The highest BCUT2D eigenvalue weighted by molar-refractivity contribution is 6.10. The second-order valence-corrected chi connectivity index (χ2v) is 7.07. The fraction of sp³-hybridized carbons (Fsp3) is 0.0800. The summed E-state index contributed by atoms with van der Waals surface area (Å²) in [7, 11) is 2.67. The number of ether oxygens (including phenoxy) is 3. The highest BCUT2D eigenvalue weighted by Gasteiger charge is 2.20. The number of hydrogen-bond acceptors (Lipinski definition) is 8. The van der Waals surface area contributed by atoms with Gasteiger partial charge in [0.25, 0.3) is 11.6 Å².